The number of aliphatic hydroxyl groups is 1. The predicted octanol–water partition coefficient (Wildman–Crippen LogP) is 4.50. The van der Waals surface area contributed by atoms with Crippen LogP contribution in [-0.4, -0.2) is 44.2 Å². The lowest BCUT2D eigenvalue weighted by atomic mass is 9.96. The van der Waals surface area contributed by atoms with Crippen LogP contribution in [0.25, 0.3) is 0 Å². The molecule has 198 valence electrons. The maximum atomic E-state index is 13.2. The Bertz CT molecular complexity index is 1190. The zero-order chi connectivity index (χ0) is 26.7. The summed E-state index contributed by atoms with van der Waals surface area (Å²) in [6.45, 7) is 0. The van der Waals surface area contributed by atoms with Crippen LogP contribution in [0.15, 0.2) is 65.1 Å². The van der Waals surface area contributed by atoms with Gasteiger partial charge >= 0.3 is 5.97 Å². The van der Waals surface area contributed by atoms with E-state index >= 15 is 0 Å². The van der Waals surface area contributed by atoms with Crippen LogP contribution in [0.1, 0.15) is 56.9 Å². The highest BCUT2D eigenvalue weighted by atomic mass is 32.2. The van der Waals surface area contributed by atoms with E-state index in [2.05, 4.69) is 16.6 Å². The number of esters is 1. The molecular formula is C30H36O6S. The van der Waals surface area contributed by atoms with E-state index in [1.54, 1.807) is 12.2 Å². The standard InChI is InChI=1S/C30H36O6S/c1-36-29(32)18-8-3-2-7-17-26-25(19-20-27(31)24-15-9-10-16-24)22-28(30(26)33)37(34,35)21-11-14-23-12-5-4-6-13-23/h4-6,12-13,17,19-20,22,24-25,27,31H,3,8-11,14-16,18,21H2,1H3. The lowest BCUT2D eigenvalue weighted by Gasteiger charge is -2.14. The van der Waals surface area contributed by atoms with E-state index in [0.717, 1.165) is 31.2 Å². The summed E-state index contributed by atoms with van der Waals surface area (Å²) < 4.78 is 30.8. The largest absolute Gasteiger partial charge is 0.469 e. The van der Waals surface area contributed by atoms with Crippen molar-refractivity contribution in [2.24, 2.45) is 11.8 Å². The van der Waals surface area contributed by atoms with Crippen LogP contribution < -0.4 is 0 Å². The number of Topliss-reactive ketones (excluding diaryl/α,β-unsaturated/α-hetero) is 1. The molecule has 2 atom stereocenters. The van der Waals surface area contributed by atoms with Gasteiger partial charge in [0, 0.05) is 24.3 Å². The van der Waals surface area contributed by atoms with E-state index in [1.165, 1.54) is 19.3 Å². The van der Waals surface area contributed by atoms with Crippen molar-refractivity contribution in [3.05, 3.63) is 70.7 Å². The molecule has 0 radical (unpaired) electrons. The maximum absolute atomic E-state index is 13.2. The number of benzene rings is 1. The first kappa shape index (κ1) is 28.6. The highest BCUT2D eigenvalue weighted by molar-refractivity contribution is 7.96. The second kappa shape index (κ2) is 14.1. The van der Waals surface area contributed by atoms with E-state index in [-0.39, 0.29) is 34.5 Å². The molecule has 1 aromatic carbocycles. The lowest BCUT2D eigenvalue weighted by Crippen LogP contribution is -2.16. The fourth-order valence-corrected chi connectivity index (χ4v) is 6.22. The highest BCUT2D eigenvalue weighted by Crippen LogP contribution is 2.33. The first-order chi connectivity index (χ1) is 17.8. The third kappa shape index (κ3) is 8.55. The van der Waals surface area contributed by atoms with Gasteiger partial charge < -0.3 is 9.84 Å². The van der Waals surface area contributed by atoms with Gasteiger partial charge in [-0.05, 0) is 49.7 Å². The first-order valence-electron chi connectivity index (χ1n) is 13.0. The molecular weight excluding hydrogens is 488 g/mol. The van der Waals surface area contributed by atoms with E-state index < -0.39 is 27.6 Å². The maximum Gasteiger partial charge on any atom is 0.305 e. The Hall–Kier alpha value is -2.95. The summed E-state index contributed by atoms with van der Waals surface area (Å²) in [7, 11) is -2.44. The van der Waals surface area contributed by atoms with Gasteiger partial charge in [-0.1, -0.05) is 73.2 Å². The summed E-state index contributed by atoms with van der Waals surface area (Å²) in [5.74, 6) is 4.44. The first-order valence-corrected chi connectivity index (χ1v) is 14.6. The molecule has 2 aliphatic rings. The minimum Gasteiger partial charge on any atom is -0.469 e. The van der Waals surface area contributed by atoms with Gasteiger partial charge in [0.05, 0.1) is 19.0 Å². The van der Waals surface area contributed by atoms with Gasteiger partial charge in [0.1, 0.15) is 4.91 Å². The van der Waals surface area contributed by atoms with Gasteiger partial charge in [-0.3, -0.25) is 9.59 Å². The number of aryl methyl sites for hydroxylation is 1. The summed E-state index contributed by atoms with van der Waals surface area (Å²) in [6, 6.07) is 9.64. The molecule has 0 aromatic heterocycles. The number of carbonyl (C=O) groups is 2. The number of hydrogen-bond donors (Lipinski definition) is 1. The number of allylic oxidation sites excluding steroid dienone is 5. The molecule has 7 heteroatoms. The SMILES string of the molecule is COC(=O)CCCC#CC=C1C(=O)C(S(=O)(=O)CCCc2ccccc2)=CC1C=CC(O)C1CCCC1. The number of unbranched alkanes of at least 4 members (excludes halogenated alkanes) is 1. The number of hydrogen-bond acceptors (Lipinski definition) is 6. The fraction of sp³-hybridized carbons (Fsp3) is 0.467. The van der Waals surface area contributed by atoms with Crippen LogP contribution in [0, 0.1) is 23.7 Å². The van der Waals surface area contributed by atoms with Crippen molar-refractivity contribution in [2.45, 2.75) is 63.9 Å². The number of aliphatic hydroxyl groups excluding tert-OH is 1. The van der Waals surface area contributed by atoms with Gasteiger partial charge in [-0.2, -0.15) is 0 Å². The molecule has 3 rings (SSSR count). The summed E-state index contributed by atoms with van der Waals surface area (Å²) in [6.07, 6.45) is 12.1. The fourth-order valence-electron chi connectivity index (χ4n) is 4.72. The van der Waals surface area contributed by atoms with Crippen molar-refractivity contribution < 1.29 is 27.9 Å². The van der Waals surface area contributed by atoms with Gasteiger partial charge in [0.2, 0.25) is 5.78 Å². The smallest absolute Gasteiger partial charge is 0.305 e. The Morgan fingerprint density at radius 3 is 2.62 bits per heavy atom. The third-order valence-corrected chi connectivity index (χ3v) is 8.69. The molecule has 2 aliphatic carbocycles. The molecule has 0 heterocycles. The Morgan fingerprint density at radius 1 is 1.19 bits per heavy atom. The molecule has 1 saturated carbocycles. The predicted molar refractivity (Wildman–Crippen MR) is 144 cm³/mol. The molecule has 0 saturated heterocycles. The van der Waals surface area contributed by atoms with Crippen molar-refractivity contribution in [3.8, 4) is 11.8 Å². The Kier molecular flexibility index (Phi) is 10.9. The van der Waals surface area contributed by atoms with Crippen LogP contribution in [-0.2, 0) is 30.6 Å². The van der Waals surface area contributed by atoms with Gasteiger partial charge in [-0.25, -0.2) is 8.42 Å². The molecule has 2 unspecified atom stereocenters. The van der Waals surface area contributed by atoms with E-state index in [4.69, 9.17) is 0 Å². The number of sulfone groups is 1. The van der Waals surface area contributed by atoms with E-state index in [0.29, 0.717) is 25.7 Å². The molecule has 1 aromatic rings. The van der Waals surface area contributed by atoms with Gasteiger partial charge in [-0.15, -0.1) is 0 Å². The number of ketones is 1. The minimum atomic E-state index is -3.78. The number of rotatable bonds is 11. The van der Waals surface area contributed by atoms with Crippen LogP contribution in [0.5, 0.6) is 0 Å². The normalized spacial score (nSPS) is 20.2. The van der Waals surface area contributed by atoms with Crippen LogP contribution >= 0.6 is 0 Å². The third-order valence-electron chi connectivity index (χ3n) is 6.87. The zero-order valence-electron chi connectivity index (χ0n) is 21.4. The molecule has 37 heavy (non-hydrogen) atoms. The topological polar surface area (TPSA) is 97.7 Å². The minimum absolute atomic E-state index is 0.118. The van der Waals surface area contributed by atoms with Crippen molar-refractivity contribution >= 4 is 21.6 Å². The molecule has 0 aliphatic heterocycles. The summed E-state index contributed by atoms with van der Waals surface area (Å²) in [4.78, 5) is 24.2. The molecule has 0 spiro atoms. The quantitative estimate of drug-likeness (QED) is 0.151. The van der Waals surface area contributed by atoms with Crippen molar-refractivity contribution in [3.63, 3.8) is 0 Å². The molecule has 1 fully saturated rings. The Labute approximate surface area is 220 Å². The van der Waals surface area contributed by atoms with Crippen molar-refractivity contribution in [2.75, 3.05) is 12.9 Å². The second-order valence-corrected chi connectivity index (χ2v) is 11.6. The van der Waals surface area contributed by atoms with Gasteiger partial charge in [0.15, 0.2) is 9.84 Å². The van der Waals surface area contributed by atoms with Gasteiger partial charge in [0.25, 0.3) is 0 Å². The van der Waals surface area contributed by atoms with E-state index in [1.807, 2.05) is 30.3 Å². The van der Waals surface area contributed by atoms with Crippen molar-refractivity contribution in [1.82, 2.24) is 0 Å². The van der Waals surface area contributed by atoms with E-state index in [9.17, 15) is 23.1 Å². The van der Waals surface area contributed by atoms with Crippen LogP contribution in [0.3, 0.4) is 0 Å². The second-order valence-electron chi connectivity index (χ2n) is 9.56. The molecule has 1 N–H and O–H groups in total. The highest BCUT2D eigenvalue weighted by Gasteiger charge is 2.36. The van der Waals surface area contributed by atoms with Crippen LogP contribution in [0.4, 0.5) is 0 Å². The van der Waals surface area contributed by atoms with Crippen molar-refractivity contribution in [1.29, 1.82) is 0 Å². The average molecular weight is 525 g/mol. The molecule has 0 bridgehead atoms. The summed E-state index contributed by atoms with van der Waals surface area (Å²) >= 11 is 0. The monoisotopic (exact) mass is 524 g/mol. The van der Waals surface area contributed by atoms with Crippen LogP contribution in [0.2, 0.25) is 0 Å². The number of carbonyl (C=O) groups excluding carboxylic acids is 2. The zero-order valence-corrected chi connectivity index (χ0v) is 22.2. The Balaban J connectivity index is 1.73. The lowest BCUT2D eigenvalue weighted by molar-refractivity contribution is -0.140. The molecule has 0 amide bonds. The summed E-state index contributed by atoms with van der Waals surface area (Å²) in [5.41, 5.74) is 1.34. The number of ether oxygens (including phenoxy) is 1. The summed E-state index contributed by atoms with van der Waals surface area (Å²) in [5, 5.41) is 10.6. The Morgan fingerprint density at radius 2 is 1.92 bits per heavy atom. The average Bonchev–Trinajstić information content (AvgIpc) is 3.54. The molecule has 6 nitrogen and oxygen atoms in total. The number of methoxy groups -OCH3 is 1.